The third kappa shape index (κ3) is 3.57. The van der Waals surface area contributed by atoms with Crippen molar-refractivity contribution in [3.8, 4) is 5.88 Å². The number of nitrogens with zero attached hydrogens (tertiary/aromatic N) is 1. The predicted molar refractivity (Wildman–Crippen MR) is 81.6 cm³/mol. The molecule has 0 spiro atoms. The second-order valence-corrected chi connectivity index (χ2v) is 5.86. The summed E-state index contributed by atoms with van der Waals surface area (Å²) in [5.41, 5.74) is 2.07. The van der Waals surface area contributed by atoms with Crippen LogP contribution in [-0.4, -0.2) is 22.6 Å². The molecular weight excluding hydrogens is 272 g/mol. The maximum absolute atomic E-state index is 11.4. The van der Waals surface area contributed by atoms with Crippen molar-refractivity contribution in [2.75, 3.05) is 18.7 Å². The summed E-state index contributed by atoms with van der Waals surface area (Å²) in [6.45, 7) is 2.07. The lowest BCUT2D eigenvalue weighted by Gasteiger charge is -2.16. The number of hydrogen-bond acceptors (Lipinski definition) is 4. The van der Waals surface area contributed by atoms with E-state index in [1.54, 1.807) is 19.6 Å². The molecule has 0 aliphatic carbocycles. The topological polar surface area (TPSA) is 51.2 Å². The van der Waals surface area contributed by atoms with E-state index >= 15 is 0 Å². The van der Waals surface area contributed by atoms with Crippen LogP contribution in [0.1, 0.15) is 18.5 Å². The van der Waals surface area contributed by atoms with Gasteiger partial charge in [-0.15, -0.1) is 0 Å². The van der Waals surface area contributed by atoms with Crippen LogP contribution < -0.4 is 10.1 Å². The standard InChI is InChI=1S/C15H18N2O2S/c1-11(12-4-7-14(8-5-12)20(3)18)17-13-6-9-15(19-2)16-10-13/h4-11,17H,1-3H3/t11-,20-/m0/s1. The minimum Gasteiger partial charge on any atom is -0.481 e. The molecule has 0 amide bonds. The quantitative estimate of drug-likeness (QED) is 0.919. The molecule has 2 atom stereocenters. The van der Waals surface area contributed by atoms with Crippen LogP contribution in [0, 0.1) is 0 Å². The van der Waals surface area contributed by atoms with Gasteiger partial charge < -0.3 is 10.1 Å². The van der Waals surface area contributed by atoms with E-state index in [2.05, 4.69) is 17.2 Å². The first-order valence-corrected chi connectivity index (χ1v) is 7.86. The van der Waals surface area contributed by atoms with Gasteiger partial charge in [0.2, 0.25) is 5.88 Å². The van der Waals surface area contributed by atoms with Crippen molar-refractivity contribution in [3.63, 3.8) is 0 Å². The first-order valence-electron chi connectivity index (χ1n) is 6.30. The van der Waals surface area contributed by atoms with Crippen molar-refractivity contribution in [2.24, 2.45) is 0 Å². The van der Waals surface area contributed by atoms with Gasteiger partial charge in [0, 0.05) is 34.1 Å². The fourth-order valence-corrected chi connectivity index (χ4v) is 2.39. The maximum Gasteiger partial charge on any atom is 0.213 e. The molecule has 1 aromatic carbocycles. The van der Waals surface area contributed by atoms with Gasteiger partial charge in [-0.25, -0.2) is 4.98 Å². The summed E-state index contributed by atoms with van der Waals surface area (Å²) in [6.07, 6.45) is 3.42. The van der Waals surface area contributed by atoms with E-state index in [1.165, 1.54) is 0 Å². The number of hydrogen-bond donors (Lipinski definition) is 1. The summed E-state index contributed by atoms with van der Waals surface area (Å²) < 4.78 is 16.4. The van der Waals surface area contributed by atoms with Gasteiger partial charge in [-0.05, 0) is 30.7 Å². The Morgan fingerprint density at radius 1 is 1.20 bits per heavy atom. The minimum absolute atomic E-state index is 0.143. The number of rotatable bonds is 5. The van der Waals surface area contributed by atoms with Crippen LogP contribution in [0.3, 0.4) is 0 Å². The first-order chi connectivity index (χ1) is 9.60. The molecule has 0 radical (unpaired) electrons. The normalized spacial score (nSPS) is 13.6. The summed E-state index contributed by atoms with van der Waals surface area (Å²) in [5, 5.41) is 3.36. The fourth-order valence-electron chi connectivity index (χ4n) is 1.87. The van der Waals surface area contributed by atoms with Crippen LogP contribution in [0.4, 0.5) is 5.69 Å². The van der Waals surface area contributed by atoms with Gasteiger partial charge in [-0.2, -0.15) is 0 Å². The molecule has 2 aromatic rings. The van der Waals surface area contributed by atoms with Crippen molar-refractivity contribution < 1.29 is 8.95 Å². The molecule has 0 bridgehead atoms. The Hall–Kier alpha value is -1.88. The minimum atomic E-state index is -0.936. The molecule has 1 N–H and O–H groups in total. The molecule has 0 saturated carbocycles. The van der Waals surface area contributed by atoms with Crippen LogP contribution in [0.25, 0.3) is 0 Å². The average molecular weight is 290 g/mol. The van der Waals surface area contributed by atoms with Crippen molar-refractivity contribution in [2.45, 2.75) is 17.9 Å². The fraction of sp³-hybridized carbons (Fsp3) is 0.267. The SMILES string of the molecule is COc1ccc(N[C@@H](C)c2ccc([S@](C)=O)cc2)cn1. The van der Waals surface area contributed by atoms with Gasteiger partial charge in [-0.3, -0.25) is 4.21 Å². The highest BCUT2D eigenvalue weighted by atomic mass is 32.2. The molecule has 0 fully saturated rings. The van der Waals surface area contributed by atoms with Gasteiger partial charge in [0.1, 0.15) is 0 Å². The van der Waals surface area contributed by atoms with E-state index in [1.807, 2.05) is 36.4 Å². The summed E-state index contributed by atoms with van der Waals surface area (Å²) in [6, 6.07) is 11.7. The van der Waals surface area contributed by atoms with Crippen LogP contribution in [-0.2, 0) is 10.8 Å². The van der Waals surface area contributed by atoms with E-state index in [4.69, 9.17) is 4.74 Å². The lowest BCUT2D eigenvalue weighted by molar-refractivity contribution is 0.398. The molecule has 2 rings (SSSR count). The second-order valence-electron chi connectivity index (χ2n) is 4.48. The smallest absolute Gasteiger partial charge is 0.213 e. The summed E-state index contributed by atoms with van der Waals surface area (Å²) in [7, 11) is 0.658. The van der Waals surface area contributed by atoms with E-state index < -0.39 is 10.8 Å². The van der Waals surface area contributed by atoms with E-state index in [0.717, 1.165) is 16.1 Å². The highest BCUT2D eigenvalue weighted by Gasteiger charge is 2.06. The van der Waals surface area contributed by atoms with E-state index in [0.29, 0.717) is 5.88 Å². The Labute approximate surface area is 121 Å². The number of nitrogens with one attached hydrogen (secondary N) is 1. The summed E-state index contributed by atoms with van der Waals surface area (Å²) in [5.74, 6) is 0.595. The molecule has 5 heteroatoms. The van der Waals surface area contributed by atoms with Gasteiger partial charge in [0.05, 0.1) is 19.0 Å². The number of aromatic nitrogens is 1. The molecule has 106 valence electrons. The third-order valence-electron chi connectivity index (χ3n) is 3.04. The van der Waals surface area contributed by atoms with Crippen LogP contribution in [0.5, 0.6) is 5.88 Å². The molecular formula is C15H18N2O2S. The molecule has 0 saturated heterocycles. The monoisotopic (exact) mass is 290 g/mol. The third-order valence-corrected chi connectivity index (χ3v) is 3.98. The second kappa shape index (κ2) is 6.52. The van der Waals surface area contributed by atoms with Crippen molar-refractivity contribution in [1.82, 2.24) is 4.98 Å². The van der Waals surface area contributed by atoms with Gasteiger partial charge in [0.15, 0.2) is 0 Å². The Morgan fingerprint density at radius 2 is 1.90 bits per heavy atom. The Balaban J connectivity index is 2.06. The first kappa shape index (κ1) is 14.5. The Morgan fingerprint density at radius 3 is 2.40 bits per heavy atom. The molecule has 1 aromatic heterocycles. The molecule has 0 unspecified atom stereocenters. The molecule has 0 aliphatic heterocycles. The van der Waals surface area contributed by atoms with Gasteiger partial charge >= 0.3 is 0 Å². The zero-order valence-corrected chi connectivity index (χ0v) is 12.6. The predicted octanol–water partition coefficient (Wildman–Crippen LogP) is 3.00. The molecule has 4 nitrogen and oxygen atoms in total. The van der Waals surface area contributed by atoms with E-state index in [-0.39, 0.29) is 6.04 Å². The molecule has 0 aliphatic rings. The largest absolute Gasteiger partial charge is 0.481 e. The summed E-state index contributed by atoms with van der Waals surface area (Å²) in [4.78, 5) is 5.00. The van der Waals surface area contributed by atoms with E-state index in [9.17, 15) is 4.21 Å². The molecule has 20 heavy (non-hydrogen) atoms. The Kier molecular flexibility index (Phi) is 4.74. The number of benzene rings is 1. The maximum atomic E-state index is 11.4. The number of pyridine rings is 1. The number of anilines is 1. The highest BCUT2D eigenvalue weighted by Crippen LogP contribution is 2.20. The number of methoxy groups -OCH3 is 1. The lowest BCUT2D eigenvalue weighted by Crippen LogP contribution is -2.07. The highest BCUT2D eigenvalue weighted by molar-refractivity contribution is 7.84. The van der Waals surface area contributed by atoms with Gasteiger partial charge in [-0.1, -0.05) is 12.1 Å². The zero-order valence-electron chi connectivity index (χ0n) is 11.8. The molecule has 1 heterocycles. The number of ether oxygens (including phenoxy) is 1. The van der Waals surface area contributed by atoms with Crippen LogP contribution in [0.15, 0.2) is 47.5 Å². The average Bonchev–Trinajstić information content (AvgIpc) is 2.48. The van der Waals surface area contributed by atoms with Crippen molar-refractivity contribution >= 4 is 16.5 Å². The Bertz CT molecular complexity index is 582. The van der Waals surface area contributed by atoms with Crippen molar-refractivity contribution in [1.29, 1.82) is 0 Å². The lowest BCUT2D eigenvalue weighted by atomic mass is 10.1. The van der Waals surface area contributed by atoms with Crippen LogP contribution in [0.2, 0.25) is 0 Å². The van der Waals surface area contributed by atoms with Crippen LogP contribution >= 0.6 is 0 Å². The van der Waals surface area contributed by atoms with Gasteiger partial charge in [0.25, 0.3) is 0 Å². The van der Waals surface area contributed by atoms with Crippen molar-refractivity contribution in [3.05, 3.63) is 48.2 Å². The summed E-state index contributed by atoms with van der Waals surface area (Å²) >= 11 is 0. The zero-order chi connectivity index (χ0) is 14.5.